The number of amides is 2. The van der Waals surface area contributed by atoms with Crippen molar-refractivity contribution in [3.8, 4) is 0 Å². The monoisotopic (exact) mass is 401 g/mol. The van der Waals surface area contributed by atoms with Crippen molar-refractivity contribution in [3.63, 3.8) is 0 Å². The molecule has 2 amide bonds. The molecule has 0 aromatic heterocycles. The zero-order valence-electron chi connectivity index (χ0n) is 17.9. The van der Waals surface area contributed by atoms with Gasteiger partial charge in [-0.05, 0) is 61.3 Å². The van der Waals surface area contributed by atoms with Crippen LogP contribution in [0.2, 0.25) is 0 Å². The summed E-state index contributed by atoms with van der Waals surface area (Å²) in [4.78, 5) is 36.0. The van der Waals surface area contributed by atoms with Crippen molar-refractivity contribution in [3.05, 3.63) is 29.3 Å². The second-order valence-corrected chi connectivity index (χ2v) is 8.30. The molecule has 6 nitrogen and oxygen atoms in total. The van der Waals surface area contributed by atoms with Crippen molar-refractivity contribution >= 4 is 24.3 Å². The van der Waals surface area contributed by atoms with E-state index in [0.29, 0.717) is 19.4 Å². The lowest BCUT2D eigenvalue weighted by Crippen LogP contribution is -2.45. The molecule has 2 rings (SSSR count). The number of carbonyl (C=O) groups is 3. The summed E-state index contributed by atoms with van der Waals surface area (Å²) < 4.78 is 0. The number of aryl methyl sites for hydroxylation is 1. The van der Waals surface area contributed by atoms with Crippen LogP contribution in [0.25, 0.3) is 0 Å². The number of rotatable bonds is 11. The lowest BCUT2D eigenvalue weighted by Gasteiger charge is -2.28. The Labute approximate surface area is 174 Å². The summed E-state index contributed by atoms with van der Waals surface area (Å²) in [6, 6.07) is 5.51. The van der Waals surface area contributed by atoms with Gasteiger partial charge in [-0.15, -0.1) is 0 Å². The van der Waals surface area contributed by atoms with Crippen LogP contribution >= 0.6 is 0 Å². The highest BCUT2D eigenvalue weighted by atomic mass is 16.2. The number of anilines is 1. The van der Waals surface area contributed by atoms with Crippen molar-refractivity contribution in [1.82, 2.24) is 10.2 Å². The Bertz CT molecular complexity index is 684. The molecular weight excluding hydrogens is 366 g/mol. The van der Waals surface area contributed by atoms with Gasteiger partial charge in [0.1, 0.15) is 12.3 Å². The lowest BCUT2D eigenvalue weighted by molar-refractivity contribution is -0.133. The van der Waals surface area contributed by atoms with Crippen molar-refractivity contribution < 1.29 is 14.4 Å². The minimum Gasteiger partial charge on any atom is -0.385 e. The number of nitrogens with one attached hydrogen (secondary N) is 2. The van der Waals surface area contributed by atoms with E-state index in [1.54, 1.807) is 0 Å². The molecule has 1 unspecified atom stereocenters. The van der Waals surface area contributed by atoms with Crippen LogP contribution in [0, 0.1) is 18.8 Å². The summed E-state index contributed by atoms with van der Waals surface area (Å²) in [6.45, 7) is 5.69. The molecule has 1 aliphatic rings. The second-order valence-electron chi connectivity index (χ2n) is 8.30. The molecule has 160 valence electrons. The molecule has 0 spiro atoms. The van der Waals surface area contributed by atoms with Gasteiger partial charge in [0.2, 0.25) is 12.3 Å². The van der Waals surface area contributed by atoms with Crippen LogP contribution in [-0.4, -0.2) is 43.1 Å². The predicted molar refractivity (Wildman–Crippen MR) is 116 cm³/mol. The summed E-state index contributed by atoms with van der Waals surface area (Å²) >= 11 is 0. The van der Waals surface area contributed by atoms with E-state index in [1.165, 1.54) is 37.6 Å². The third kappa shape index (κ3) is 6.87. The maximum Gasteiger partial charge on any atom is 0.242 e. The molecule has 1 aromatic rings. The molecule has 2 N–H and O–H groups in total. The van der Waals surface area contributed by atoms with E-state index in [-0.39, 0.29) is 12.3 Å². The second kappa shape index (κ2) is 11.6. The van der Waals surface area contributed by atoms with Crippen LogP contribution in [0.5, 0.6) is 0 Å². The van der Waals surface area contributed by atoms with Gasteiger partial charge in [-0.25, -0.2) is 0 Å². The third-order valence-corrected chi connectivity index (χ3v) is 6.07. The summed E-state index contributed by atoms with van der Waals surface area (Å²) in [6.07, 6.45) is 7.26. The molecule has 0 heterocycles. The Hall–Kier alpha value is -2.37. The SMILES string of the molecule is CNC(=O)C(CCC=O)N(C=O)Cc1ccc(NCC2CCC(C)CC2)cc1C. The van der Waals surface area contributed by atoms with Crippen LogP contribution in [-0.2, 0) is 20.9 Å². The van der Waals surface area contributed by atoms with E-state index in [2.05, 4.69) is 23.6 Å². The molecule has 1 saturated carbocycles. The lowest BCUT2D eigenvalue weighted by atomic mass is 9.83. The fourth-order valence-electron chi connectivity index (χ4n) is 4.04. The number of hydrogen-bond donors (Lipinski definition) is 2. The normalized spacial score (nSPS) is 19.8. The highest BCUT2D eigenvalue weighted by Gasteiger charge is 2.24. The largest absolute Gasteiger partial charge is 0.385 e. The Balaban J connectivity index is 1.99. The zero-order valence-corrected chi connectivity index (χ0v) is 17.9. The molecule has 1 aliphatic carbocycles. The van der Waals surface area contributed by atoms with Crippen molar-refractivity contribution in [2.45, 2.75) is 65.0 Å². The molecule has 0 radical (unpaired) electrons. The Morgan fingerprint density at radius 3 is 2.55 bits per heavy atom. The Morgan fingerprint density at radius 1 is 1.24 bits per heavy atom. The van der Waals surface area contributed by atoms with Crippen molar-refractivity contribution in [2.24, 2.45) is 11.8 Å². The van der Waals surface area contributed by atoms with E-state index in [4.69, 9.17) is 0 Å². The summed E-state index contributed by atoms with van der Waals surface area (Å²) in [5.74, 6) is 1.35. The first-order chi connectivity index (χ1) is 14.0. The highest BCUT2D eigenvalue weighted by Crippen LogP contribution is 2.28. The smallest absolute Gasteiger partial charge is 0.242 e. The number of aldehydes is 1. The van der Waals surface area contributed by atoms with Gasteiger partial charge in [0.05, 0.1) is 0 Å². The first-order valence-corrected chi connectivity index (χ1v) is 10.7. The van der Waals surface area contributed by atoms with Crippen LogP contribution < -0.4 is 10.6 Å². The Kier molecular flexibility index (Phi) is 9.16. The molecule has 1 fully saturated rings. The van der Waals surface area contributed by atoms with Crippen LogP contribution in [0.4, 0.5) is 5.69 Å². The topological polar surface area (TPSA) is 78.5 Å². The van der Waals surface area contributed by atoms with Gasteiger partial charge >= 0.3 is 0 Å². The molecule has 1 atom stereocenters. The quantitative estimate of drug-likeness (QED) is 0.558. The van der Waals surface area contributed by atoms with Gasteiger partial charge < -0.3 is 20.3 Å². The molecule has 6 heteroatoms. The number of carbonyl (C=O) groups excluding carboxylic acids is 3. The number of likely N-dealkylation sites (N-methyl/N-ethyl adjacent to an activating group) is 1. The highest BCUT2D eigenvalue weighted by molar-refractivity contribution is 5.83. The maximum atomic E-state index is 12.2. The third-order valence-electron chi connectivity index (χ3n) is 6.07. The van der Waals surface area contributed by atoms with Gasteiger partial charge in [0.15, 0.2) is 0 Å². The minimum atomic E-state index is -0.645. The van der Waals surface area contributed by atoms with Gasteiger partial charge in [-0.1, -0.05) is 25.8 Å². The van der Waals surface area contributed by atoms with E-state index in [1.807, 2.05) is 19.1 Å². The number of benzene rings is 1. The maximum absolute atomic E-state index is 12.2. The molecular formula is C23H35N3O3. The average Bonchev–Trinajstić information content (AvgIpc) is 2.73. The molecule has 1 aromatic carbocycles. The molecule has 0 aliphatic heterocycles. The summed E-state index contributed by atoms with van der Waals surface area (Å²) in [7, 11) is 1.54. The fourth-order valence-corrected chi connectivity index (χ4v) is 4.04. The summed E-state index contributed by atoms with van der Waals surface area (Å²) in [5.41, 5.74) is 3.16. The van der Waals surface area contributed by atoms with Gasteiger partial charge in [-0.2, -0.15) is 0 Å². The van der Waals surface area contributed by atoms with Crippen LogP contribution in [0.15, 0.2) is 18.2 Å². The zero-order chi connectivity index (χ0) is 21.2. The van der Waals surface area contributed by atoms with E-state index < -0.39 is 6.04 Å². The first-order valence-electron chi connectivity index (χ1n) is 10.7. The van der Waals surface area contributed by atoms with Crippen LogP contribution in [0.1, 0.15) is 56.6 Å². The predicted octanol–water partition coefficient (Wildman–Crippen LogP) is 3.29. The summed E-state index contributed by atoms with van der Waals surface area (Å²) in [5, 5.41) is 6.14. The Morgan fingerprint density at radius 2 is 1.97 bits per heavy atom. The molecule has 29 heavy (non-hydrogen) atoms. The fraction of sp³-hybridized carbons (Fsp3) is 0.609. The van der Waals surface area contributed by atoms with Gasteiger partial charge in [-0.3, -0.25) is 9.59 Å². The van der Waals surface area contributed by atoms with Crippen molar-refractivity contribution in [1.29, 1.82) is 0 Å². The first kappa shape index (κ1) is 22.9. The standard InChI is InChI=1S/C23H35N3O3/c1-17-6-8-19(9-7-17)14-25-21-11-10-20(18(2)13-21)15-26(16-28)22(5-4-12-27)23(29)24-3/h10-13,16-17,19,22,25H,4-9,14-15H2,1-3H3,(H,24,29). The van der Waals surface area contributed by atoms with E-state index in [9.17, 15) is 14.4 Å². The molecule has 0 saturated heterocycles. The minimum absolute atomic E-state index is 0.240. The van der Waals surface area contributed by atoms with Gasteiger partial charge in [0.25, 0.3) is 0 Å². The number of hydrogen-bond acceptors (Lipinski definition) is 4. The van der Waals surface area contributed by atoms with Crippen LogP contribution in [0.3, 0.4) is 0 Å². The average molecular weight is 402 g/mol. The van der Waals surface area contributed by atoms with E-state index in [0.717, 1.165) is 41.5 Å². The van der Waals surface area contributed by atoms with Gasteiger partial charge in [0, 0.05) is 32.2 Å². The molecule has 0 bridgehead atoms. The van der Waals surface area contributed by atoms with Crippen molar-refractivity contribution in [2.75, 3.05) is 18.9 Å². The number of nitrogens with zero attached hydrogens (tertiary/aromatic N) is 1. The van der Waals surface area contributed by atoms with E-state index >= 15 is 0 Å².